The van der Waals surface area contributed by atoms with E-state index in [0.717, 1.165) is 7.11 Å². The van der Waals surface area contributed by atoms with E-state index in [2.05, 4.69) is 25.4 Å². The van der Waals surface area contributed by atoms with Crippen molar-refractivity contribution in [2.75, 3.05) is 30.2 Å². The van der Waals surface area contributed by atoms with E-state index in [9.17, 15) is 24.0 Å². The highest BCUT2D eigenvalue weighted by Crippen LogP contribution is 2.20. The summed E-state index contributed by atoms with van der Waals surface area (Å²) in [6, 6.07) is 9.87. The Hall–Kier alpha value is -4.21. The van der Waals surface area contributed by atoms with Crippen molar-refractivity contribution >= 4 is 46.7 Å². The monoisotopic (exact) mass is 413 g/mol. The predicted molar refractivity (Wildman–Crippen MR) is 107 cm³/mol. The Balaban J connectivity index is 2.17. The Morgan fingerprint density at radius 1 is 0.700 bits per heavy atom. The van der Waals surface area contributed by atoms with Crippen LogP contribution in [0, 0.1) is 0 Å². The molecule has 156 valence electrons. The van der Waals surface area contributed by atoms with Crippen LogP contribution in [0.25, 0.3) is 0 Å². The van der Waals surface area contributed by atoms with Crippen LogP contribution in [0.2, 0.25) is 0 Å². The molecule has 0 saturated carbocycles. The average Bonchev–Trinajstić information content (AvgIpc) is 2.73. The molecule has 0 radical (unpaired) electrons. The van der Waals surface area contributed by atoms with Crippen molar-refractivity contribution in [3.05, 3.63) is 53.6 Å². The predicted octanol–water partition coefficient (Wildman–Crippen LogP) is 1.80. The van der Waals surface area contributed by atoms with Crippen LogP contribution < -0.4 is 16.0 Å². The molecule has 0 heterocycles. The molecule has 10 nitrogen and oxygen atoms in total. The summed E-state index contributed by atoms with van der Waals surface area (Å²) in [4.78, 5) is 59.2. The first-order chi connectivity index (χ1) is 14.2. The summed E-state index contributed by atoms with van der Waals surface area (Å²) < 4.78 is 9.25. The van der Waals surface area contributed by atoms with Crippen LogP contribution in [0.1, 0.15) is 27.6 Å². The Bertz CT molecular complexity index is 1000. The highest BCUT2D eigenvalue weighted by atomic mass is 16.5. The van der Waals surface area contributed by atoms with Crippen molar-refractivity contribution < 1.29 is 33.4 Å². The smallest absolute Gasteiger partial charge is 0.339 e. The van der Waals surface area contributed by atoms with Gasteiger partial charge in [-0.05, 0) is 42.5 Å². The summed E-state index contributed by atoms with van der Waals surface area (Å²) in [5.74, 6) is -3.79. The van der Waals surface area contributed by atoms with Crippen LogP contribution in [-0.2, 0) is 23.9 Å². The number of anilines is 3. The molecule has 10 heteroatoms. The van der Waals surface area contributed by atoms with Gasteiger partial charge in [0.15, 0.2) is 0 Å². The number of hydrogen-bond acceptors (Lipinski definition) is 7. The lowest BCUT2D eigenvalue weighted by Crippen LogP contribution is -2.30. The van der Waals surface area contributed by atoms with Gasteiger partial charge < -0.3 is 25.4 Å². The number of rotatable bonds is 5. The molecular formula is C20H19N3O7. The fourth-order valence-corrected chi connectivity index (χ4v) is 2.39. The number of carbonyl (C=O) groups excluding carboxylic acids is 5. The maximum Gasteiger partial charge on any atom is 0.339 e. The highest BCUT2D eigenvalue weighted by molar-refractivity contribution is 6.44. The van der Waals surface area contributed by atoms with Crippen molar-refractivity contribution in [1.82, 2.24) is 0 Å². The van der Waals surface area contributed by atoms with Crippen molar-refractivity contribution in [3.8, 4) is 0 Å². The molecule has 3 amide bonds. The Morgan fingerprint density at radius 3 is 1.77 bits per heavy atom. The molecule has 0 unspecified atom stereocenters. The van der Waals surface area contributed by atoms with Crippen molar-refractivity contribution in [2.45, 2.75) is 6.92 Å². The maximum absolute atomic E-state index is 12.3. The van der Waals surface area contributed by atoms with E-state index >= 15 is 0 Å². The Kier molecular flexibility index (Phi) is 7.23. The van der Waals surface area contributed by atoms with Gasteiger partial charge in [0.05, 0.1) is 31.0 Å². The van der Waals surface area contributed by atoms with Gasteiger partial charge in [0.2, 0.25) is 5.91 Å². The van der Waals surface area contributed by atoms with Gasteiger partial charge in [-0.25, -0.2) is 9.59 Å². The number of nitrogens with one attached hydrogen (secondary N) is 3. The molecule has 0 fully saturated rings. The lowest BCUT2D eigenvalue weighted by atomic mass is 10.1. The first-order valence-electron chi connectivity index (χ1n) is 8.55. The van der Waals surface area contributed by atoms with Crippen LogP contribution in [-0.4, -0.2) is 43.9 Å². The zero-order valence-corrected chi connectivity index (χ0v) is 16.4. The summed E-state index contributed by atoms with van der Waals surface area (Å²) in [6.07, 6.45) is 0. The number of carbonyl (C=O) groups is 5. The van der Waals surface area contributed by atoms with Gasteiger partial charge >= 0.3 is 23.8 Å². The van der Waals surface area contributed by atoms with Crippen molar-refractivity contribution in [1.29, 1.82) is 0 Å². The van der Waals surface area contributed by atoms with Gasteiger partial charge in [-0.15, -0.1) is 0 Å². The van der Waals surface area contributed by atoms with Gasteiger partial charge in [-0.1, -0.05) is 0 Å². The number of hydrogen-bond donors (Lipinski definition) is 3. The quantitative estimate of drug-likeness (QED) is 0.501. The molecule has 2 aromatic carbocycles. The fraction of sp³-hybridized carbons (Fsp3) is 0.150. The van der Waals surface area contributed by atoms with E-state index in [1.807, 2.05) is 0 Å². The number of methoxy groups -OCH3 is 2. The molecule has 3 N–H and O–H groups in total. The van der Waals surface area contributed by atoms with Crippen LogP contribution in [0.3, 0.4) is 0 Å². The number of amides is 3. The number of ether oxygens (including phenoxy) is 2. The molecule has 0 atom stereocenters. The van der Waals surface area contributed by atoms with Crippen LogP contribution >= 0.6 is 0 Å². The van der Waals surface area contributed by atoms with Gasteiger partial charge in [0.1, 0.15) is 0 Å². The lowest BCUT2D eigenvalue weighted by Gasteiger charge is -2.12. The third-order valence-electron chi connectivity index (χ3n) is 3.76. The SMILES string of the molecule is COC(=O)c1ccc(C(=O)OC)c(NC(=O)C(=O)Nc2ccc(NC(C)=O)cc2)c1. The third kappa shape index (κ3) is 5.64. The second-order valence-corrected chi connectivity index (χ2v) is 5.91. The molecule has 0 aliphatic rings. The number of benzene rings is 2. The topological polar surface area (TPSA) is 140 Å². The van der Waals surface area contributed by atoms with E-state index in [-0.39, 0.29) is 22.7 Å². The van der Waals surface area contributed by atoms with Crippen LogP contribution in [0.4, 0.5) is 17.1 Å². The Labute approximate surface area is 171 Å². The van der Waals surface area contributed by atoms with Gasteiger partial charge in [-0.2, -0.15) is 0 Å². The maximum atomic E-state index is 12.3. The average molecular weight is 413 g/mol. The summed E-state index contributed by atoms with van der Waals surface area (Å²) in [5, 5.41) is 7.24. The second-order valence-electron chi connectivity index (χ2n) is 5.91. The molecule has 0 bridgehead atoms. The normalized spacial score (nSPS) is 9.83. The van der Waals surface area contributed by atoms with Gasteiger partial charge in [0.25, 0.3) is 0 Å². The molecule has 30 heavy (non-hydrogen) atoms. The van der Waals surface area contributed by atoms with E-state index in [1.165, 1.54) is 44.4 Å². The van der Waals surface area contributed by atoms with Crippen LogP contribution in [0.5, 0.6) is 0 Å². The summed E-state index contributed by atoms with van der Waals surface area (Å²) in [6.45, 7) is 1.36. The third-order valence-corrected chi connectivity index (χ3v) is 3.76. The Morgan fingerprint density at radius 2 is 1.23 bits per heavy atom. The molecular weight excluding hydrogens is 394 g/mol. The van der Waals surface area contributed by atoms with E-state index < -0.39 is 23.8 Å². The molecule has 0 aliphatic carbocycles. The fourth-order valence-electron chi connectivity index (χ4n) is 2.39. The van der Waals surface area contributed by atoms with E-state index in [0.29, 0.717) is 11.4 Å². The molecule has 2 rings (SSSR count). The van der Waals surface area contributed by atoms with Crippen molar-refractivity contribution in [2.24, 2.45) is 0 Å². The lowest BCUT2D eigenvalue weighted by molar-refractivity contribution is -0.133. The molecule has 0 spiro atoms. The van der Waals surface area contributed by atoms with E-state index in [4.69, 9.17) is 0 Å². The number of esters is 2. The first kappa shape index (κ1) is 22.1. The molecule has 0 saturated heterocycles. The summed E-state index contributed by atoms with van der Waals surface area (Å²) in [7, 11) is 2.33. The first-order valence-corrected chi connectivity index (χ1v) is 8.55. The van der Waals surface area contributed by atoms with Crippen LogP contribution in [0.15, 0.2) is 42.5 Å². The zero-order valence-electron chi connectivity index (χ0n) is 16.4. The van der Waals surface area contributed by atoms with Gasteiger partial charge in [0, 0.05) is 18.3 Å². The summed E-state index contributed by atoms with van der Waals surface area (Å²) in [5.41, 5.74) is 0.749. The molecule has 0 aromatic heterocycles. The largest absolute Gasteiger partial charge is 0.465 e. The molecule has 0 aliphatic heterocycles. The second kappa shape index (κ2) is 9.82. The minimum Gasteiger partial charge on any atom is -0.465 e. The minimum atomic E-state index is -1.08. The minimum absolute atomic E-state index is 0.0500. The molecule has 2 aromatic rings. The highest BCUT2D eigenvalue weighted by Gasteiger charge is 2.20. The zero-order chi connectivity index (χ0) is 22.3. The van der Waals surface area contributed by atoms with Crippen molar-refractivity contribution in [3.63, 3.8) is 0 Å². The van der Waals surface area contributed by atoms with E-state index in [1.54, 1.807) is 12.1 Å². The standard InChI is InChI=1S/C20H19N3O7/c1-11(24)21-13-5-7-14(8-6-13)22-17(25)18(26)23-16-10-12(19(27)29-2)4-9-15(16)20(28)30-3/h4-10H,1-3H3,(H,21,24)(H,22,25)(H,23,26). The summed E-state index contributed by atoms with van der Waals surface area (Å²) >= 11 is 0. The van der Waals surface area contributed by atoms with Gasteiger partial charge in [-0.3, -0.25) is 14.4 Å².